The van der Waals surface area contributed by atoms with Crippen LogP contribution in [0.4, 0.5) is 0 Å². The molecule has 0 fully saturated rings. The SMILES string of the molecule is CS(=O)(=O)c1ccc(-c2ccc3cc(OCc4ccccc4)ccc3c2Oc2ccc(OCCCNCCOCCO)cc2)cc1. The Morgan fingerprint density at radius 1 is 0.717 bits per heavy atom. The lowest BCUT2D eigenvalue weighted by Crippen LogP contribution is -2.22. The summed E-state index contributed by atoms with van der Waals surface area (Å²) in [6.45, 7) is 3.52. The summed E-state index contributed by atoms with van der Waals surface area (Å²) in [6.07, 6.45) is 2.04. The number of fused-ring (bicyclic) bond motifs is 1. The molecule has 5 rings (SSSR count). The second-order valence-electron chi connectivity index (χ2n) is 10.8. The lowest BCUT2D eigenvalue weighted by Gasteiger charge is -2.16. The van der Waals surface area contributed by atoms with Crippen LogP contribution >= 0.6 is 0 Å². The minimum absolute atomic E-state index is 0.0354. The highest BCUT2D eigenvalue weighted by Crippen LogP contribution is 2.41. The van der Waals surface area contributed by atoms with Gasteiger partial charge in [-0.1, -0.05) is 48.5 Å². The molecule has 0 heterocycles. The molecule has 2 N–H and O–H groups in total. The zero-order chi connectivity index (χ0) is 32.2. The van der Waals surface area contributed by atoms with Crippen LogP contribution in [0, 0.1) is 0 Å². The van der Waals surface area contributed by atoms with Crippen LogP contribution in [0.2, 0.25) is 0 Å². The second-order valence-corrected chi connectivity index (χ2v) is 12.8. The number of aliphatic hydroxyl groups excluding tert-OH is 1. The van der Waals surface area contributed by atoms with E-state index in [1.807, 2.05) is 84.9 Å². The third kappa shape index (κ3) is 9.31. The van der Waals surface area contributed by atoms with Crippen LogP contribution in [0.1, 0.15) is 12.0 Å². The Morgan fingerprint density at radius 2 is 1.46 bits per heavy atom. The van der Waals surface area contributed by atoms with Gasteiger partial charge in [-0.3, -0.25) is 0 Å². The molecule has 0 saturated heterocycles. The minimum Gasteiger partial charge on any atom is -0.494 e. The topological polar surface area (TPSA) is 103 Å². The van der Waals surface area contributed by atoms with Gasteiger partial charge in [-0.25, -0.2) is 8.42 Å². The van der Waals surface area contributed by atoms with Gasteiger partial charge in [-0.2, -0.15) is 0 Å². The largest absolute Gasteiger partial charge is 0.494 e. The number of ether oxygens (including phenoxy) is 4. The van der Waals surface area contributed by atoms with Gasteiger partial charge in [0.25, 0.3) is 0 Å². The van der Waals surface area contributed by atoms with E-state index in [-0.39, 0.29) is 11.5 Å². The molecule has 0 aliphatic carbocycles. The Hall–Kier alpha value is -4.41. The molecule has 9 heteroatoms. The van der Waals surface area contributed by atoms with E-state index in [9.17, 15) is 8.42 Å². The highest BCUT2D eigenvalue weighted by Gasteiger charge is 2.15. The number of hydrogen-bond acceptors (Lipinski definition) is 8. The first-order valence-corrected chi connectivity index (χ1v) is 17.1. The molecule has 0 saturated carbocycles. The number of aliphatic hydroxyl groups is 1. The predicted octanol–water partition coefficient (Wildman–Crippen LogP) is 6.65. The van der Waals surface area contributed by atoms with Crippen molar-refractivity contribution in [1.82, 2.24) is 5.32 Å². The summed E-state index contributed by atoms with van der Waals surface area (Å²) in [4.78, 5) is 0.262. The van der Waals surface area contributed by atoms with Crippen molar-refractivity contribution in [2.45, 2.75) is 17.9 Å². The Labute approximate surface area is 270 Å². The maximum Gasteiger partial charge on any atom is 0.175 e. The molecule has 0 amide bonds. The molecule has 46 heavy (non-hydrogen) atoms. The highest BCUT2D eigenvalue weighted by molar-refractivity contribution is 7.90. The van der Waals surface area contributed by atoms with Crippen molar-refractivity contribution in [1.29, 1.82) is 0 Å². The first kappa shape index (κ1) is 33.0. The van der Waals surface area contributed by atoms with Crippen LogP contribution in [0.5, 0.6) is 23.0 Å². The molecule has 0 radical (unpaired) electrons. The maximum atomic E-state index is 12.1. The van der Waals surface area contributed by atoms with Crippen molar-refractivity contribution in [2.24, 2.45) is 0 Å². The molecular formula is C37H39NO7S. The van der Waals surface area contributed by atoms with E-state index < -0.39 is 9.84 Å². The third-order valence-corrected chi connectivity index (χ3v) is 8.38. The van der Waals surface area contributed by atoms with E-state index in [2.05, 4.69) is 5.32 Å². The van der Waals surface area contributed by atoms with Crippen molar-refractivity contribution in [3.8, 4) is 34.1 Å². The van der Waals surface area contributed by atoms with E-state index in [1.165, 1.54) is 6.26 Å². The van der Waals surface area contributed by atoms with Gasteiger partial charge in [-0.05, 0) is 90.1 Å². The smallest absolute Gasteiger partial charge is 0.175 e. The van der Waals surface area contributed by atoms with E-state index in [0.29, 0.717) is 37.9 Å². The van der Waals surface area contributed by atoms with Crippen molar-refractivity contribution in [2.75, 3.05) is 45.8 Å². The van der Waals surface area contributed by atoms with Crippen LogP contribution in [-0.2, 0) is 21.2 Å². The first-order chi connectivity index (χ1) is 22.4. The van der Waals surface area contributed by atoms with Crippen LogP contribution in [0.25, 0.3) is 21.9 Å². The first-order valence-electron chi connectivity index (χ1n) is 15.2. The molecule has 0 bridgehead atoms. The Kier molecular flexibility index (Phi) is 11.6. The van der Waals surface area contributed by atoms with Gasteiger partial charge < -0.3 is 29.4 Å². The summed E-state index contributed by atoms with van der Waals surface area (Å²) in [6, 6.07) is 34.3. The van der Waals surface area contributed by atoms with E-state index in [4.69, 9.17) is 24.1 Å². The molecule has 0 spiro atoms. The van der Waals surface area contributed by atoms with Crippen LogP contribution in [0.3, 0.4) is 0 Å². The van der Waals surface area contributed by atoms with E-state index in [0.717, 1.165) is 58.5 Å². The number of rotatable bonds is 17. The quantitative estimate of drug-likeness (QED) is 0.109. The number of nitrogens with one attached hydrogen (secondary N) is 1. The van der Waals surface area contributed by atoms with Crippen molar-refractivity contribution >= 4 is 20.6 Å². The van der Waals surface area contributed by atoms with Gasteiger partial charge in [0.05, 0.1) is 31.3 Å². The van der Waals surface area contributed by atoms with Crippen LogP contribution in [-0.4, -0.2) is 59.3 Å². The molecule has 0 aliphatic heterocycles. The Bertz CT molecular complexity index is 1790. The van der Waals surface area contributed by atoms with Gasteiger partial charge in [0.2, 0.25) is 0 Å². The Morgan fingerprint density at radius 3 is 2.20 bits per heavy atom. The zero-order valence-electron chi connectivity index (χ0n) is 25.9. The van der Waals surface area contributed by atoms with E-state index in [1.54, 1.807) is 24.3 Å². The van der Waals surface area contributed by atoms with Crippen LogP contribution < -0.4 is 19.5 Å². The van der Waals surface area contributed by atoms with Gasteiger partial charge in [-0.15, -0.1) is 0 Å². The van der Waals surface area contributed by atoms with Crippen LogP contribution in [0.15, 0.2) is 114 Å². The number of sulfone groups is 1. The van der Waals surface area contributed by atoms with Gasteiger partial charge in [0, 0.05) is 23.8 Å². The standard InChI is InChI=1S/C37H39NO7S/c1-46(40,41)34-16-8-29(9-17-34)35-18-10-30-26-33(44-27-28-6-3-2-4-7-28)15-19-36(30)37(35)45-32-13-11-31(12-14-32)43-23-5-20-38-21-24-42-25-22-39/h2-4,6-19,26,38-39H,5,20-25,27H2,1H3. The van der Waals surface area contributed by atoms with Gasteiger partial charge >= 0.3 is 0 Å². The average Bonchev–Trinajstić information content (AvgIpc) is 3.07. The fourth-order valence-corrected chi connectivity index (χ4v) is 5.50. The monoisotopic (exact) mass is 641 g/mol. The Balaban J connectivity index is 1.32. The third-order valence-electron chi connectivity index (χ3n) is 7.25. The molecule has 0 atom stereocenters. The molecular weight excluding hydrogens is 602 g/mol. The fourth-order valence-electron chi connectivity index (χ4n) is 4.87. The normalized spacial score (nSPS) is 11.4. The summed E-state index contributed by atoms with van der Waals surface area (Å²) in [5.41, 5.74) is 2.76. The summed E-state index contributed by atoms with van der Waals surface area (Å²) < 4.78 is 47.9. The van der Waals surface area contributed by atoms with Gasteiger partial charge in [0.1, 0.15) is 29.6 Å². The summed E-state index contributed by atoms with van der Waals surface area (Å²) in [5, 5.41) is 13.9. The average molecular weight is 642 g/mol. The predicted molar refractivity (Wildman–Crippen MR) is 181 cm³/mol. The molecule has 8 nitrogen and oxygen atoms in total. The molecule has 0 unspecified atom stereocenters. The molecule has 240 valence electrons. The minimum atomic E-state index is -3.32. The fraction of sp³-hybridized carbons (Fsp3) is 0.243. The van der Waals surface area contributed by atoms with Crippen molar-refractivity contribution in [3.05, 3.63) is 115 Å². The lowest BCUT2D eigenvalue weighted by molar-refractivity contribution is 0.0938. The summed E-state index contributed by atoms with van der Waals surface area (Å²) >= 11 is 0. The zero-order valence-corrected chi connectivity index (χ0v) is 26.7. The molecule has 0 aliphatic rings. The molecule has 0 aromatic heterocycles. The number of benzene rings is 5. The van der Waals surface area contributed by atoms with Crippen molar-refractivity contribution < 1.29 is 32.5 Å². The van der Waals surface area contributed by atoms with E-state index >= 15 is 0 Å². The maximum absolute atomic E-state index is 12.1. The molecule has 5 aromatic carbocycles. The number of hydrogen-bond donors (Lipinski definition) is 2. The van der Waals surface area contributed by atoms with Gasteiger partial charge in [0.15, 0.2) is 9.84 Å². The van der Waals surface area contributed by atoms with Crippen molar-refractivity contribution in [3.63, 3.8) is 0 Å². The summed E-state index contributed by atoms with van der Waals surface area (Å²) in [5.74, 6) is 2.79. The summed E-state index contributed by atoms with van der Waals surface area (Å²) in [7, 11) is -3.32. The lowest BCUT2D eigenvalue weighted by atomic mass is 9.99. The second kappa shape index (κ2) is 16.2. The highest BCUT2D eigenvalue weighted by atomic mass is 32.2. The molecule has 5 aromatic rings.